The van der Waals surface area contributed by atoms with Crippen LogP contribution in [0.4, 0.5) is 4.39 Å². The Balaban J connectivity index is 2.21. The van der Waals surface area contributed by atoms with Gasteiger partial charge in [0.15, 0.2) is 5.78 Å². The first-order valence-corrected chi connectivity index (χ1v) is 5.83. The van der Waals surface area contributed by atoms with E-state index in [1.54, 1.807) is 12.3 Å². The standard InChI is InChI=1S/C14H11ClFNO/c1-9-4-11(8-17-7-9)14(18)5-10-2-3-12(16)6-13(10)15/h2-4,6-8H,5H2,1H3. The van der Waals surface area contributed by atoms with Crippen molar-refractivity contribution in [2.75, 3.05) is 0 Å². The summed E-state index contributed by atoms with van der Waals surface area (Å²) in [4.78, 5) is 16.0. The number of nitrogens with zero attached hydrogens (tertiary/aromatic N) is 1. The molecule has 0 spiro atoms. The van der Waals surface area contributed by atoms with Gasteiger partial charge >= 0.3 is 0 Å². The van der Waals surface area contributed by atoms with Crippen LogP contribution in [0.1, 0.15) is 21.5 Å². The van der Waals surface area contributed by atoms with E-state index in [9.17, 15) is 9.18 Å². The molecule has 0 bridgehead atoms. The van der Waals surface area contributed by atoms with Gasteiger partial charge in [0.05, 0.1) is 0 Å². The van der Waals surface area contributed by atoms with Gasteiger partial charge in [-0.3, -0.25) is 9.78 Å². The van der Waals surface area contributed by atoms with Crippen LogP contribution in [0.5, 0.6) is 0 Å². The molecule has 1 aromatic heterocycles. The first-order valence-electron chi connectivity index (χ1n) is 5.45. The van der Waals surface area contributed by atoms with Crippen molar-refractivity contribution in [3.8, 4) is 0 Å². The van der Waals surface area contributed by atoms with Gasteiger partial charge in [-0.05, 0) is 36.2 Å². The number of hydrogen-bond acceptors (Lipinski definition) is 2. The van der Waals surface area contributed by atoms with E-state index in [2.05, 4.69) is 4.98 Å². The number of pyridine rings is 1. The lowest BCUT2D eigenvalue weighted by atomic mass is 10.0. The van der Waals surface area contributed by atoms with Crippen LogP contribution in [0.2, 0.25) is 5.02 Å². The lowest BCUT2D eigenvalue weighted by Gasteiger charge is -2.04. The lowest BCUT2D eigenvalue weighted by Crippen LogP contribution is -2.05. The Hall–Kier alpha value is -1.74. The van der Waals surface area contributed by atoms with Gasteiger partial charge in [0, 0.05) is 29.4 Å². The molecule has 1 heterocycles. The van der Waals surface area contributed by atoms with Gasteiger partial charge in [-0.1, -0.05) is 17.7 Å². The number of benzene rings is 1. The van der Waals surface area contributed by atoms with Crippen molar-refractivity contribution < 1.29 is 9.18 Å². The van der Waals surface area contributed by atoms with Crippen LogP contribution in [0.3, 0.4) is 0 Å². The fourth-order valence-electron chi connectivity index (χ4n) is 1.65. The summed E-state index contributed by atoms with van der Waals surface area (Å²) in [6, 6.07) is 5.80. The number of halogens is 2. The molecule has 0 aliphatic carbocycles. The molecule has 2 rings (SSSR count). The van der Waals surface area contributed by atoms with E-state index < -0.39 is 5.82 Å². The maximum absolute atomic E-state index is 12.9. The topological polar surface area (TPSA) is 30.0 Å². The third-order valence-corrected chi connectivity index (χ3v) is 2.91. The molecular formula is C14H11ClFNO. The number of carbonyl (C=O) groups is 1. The molecule has 0 N–H and O–H groups in total. The monoisotopic (exact) mass is 263 g/mol. The van der Waals surface area contributed by atoms with Crippen molar-refractivity contribution in [3.63, 3.8) is 0 Å². The van der Waals surface area contributed by atoms with Gasteiger partial charge in [-0.2, -0.15) is 0 Å². The maximum atomic E-state index is 12.9. The summed E-state index contributed by atoms with van der Waals surface area (Å²) >= 11 is 5.88. The summed E-state index contributed by atoms with van der Waals surface area (Å²) in [7, 11) is 0. The molecule has 0 unspecified atom stereocenters. The molecule has 92 valence electrons. The number of Topliss-reactive ketones (excluding diaryl/α,β-unsaturated/α-hetero) is 1. The first-order chi connectivity index (χ1) is 8.56. The Bertz CT molecular complexity index is 598. The van der Waals surface area contributed by atoms with Crippen LogP contribution in [0.25, 0.3) is 0 Å². The number of rotatable bonds is 3. The Labute approximate surface area is 109 Å². The van der Waals surface area contributed by atoms with Gasteiger partial charge in [-0.25, -0.2) is 4.39 Å². The summed E-state index contributed by atoms with van der Waals surface area (Å²) in [6.45, 7) is 1.87. The molecule has 4 heteroatoms. The van der Waals surface area contributed by atoms with Crippen LogP contribution in [0, 0.1) is 12.7 Å². The zero-order valence-electron chi connectivity index (χ0n) is 9.78. The fraction of sp³-hybridized carbons (Fsp3) is 0.143. The van der Waals surface area contributed by atoms with E-state index in [1.807, 2.05) is 6.92 Å². The summed E-state index contributed by atoms with van der Waals surface area (Å²) in [5.41, 5.74) is 2.08. The highest BCUT2D eigenvalue weighted by Gasteiger charge is 2.10. The highest BCUT2D eigenvalue weighted by Crippen LogP contribution is 2.19. The number of ketones is 1. The second-order valence-electron chi connectivity index (χ2n) is 4.09. The average molecular weight is 264 g/mol. The quantitative estimate of drug-likeness (QED) is 0.792. The fourth-order valence-corrected chi connectivity index (χ4v) is 1.88. The Morgan fingerprint density at radius 3 is 2.78 bits per heavy atom. The average Bonchev–Trinajstić information content (AvgIpc) is 2.32. The Morgan fingerprint density at radius 1 is 1.33 bits per heavy atom. The Morgan fingerprint density at radius 2 is 2.11 bits per heavy atom. The summed E-state index contributed by atoms with van der Waals surface area (Å²) in [5, 5.41) is 0.268. The molecule has 0 aliphatic heterocycles. The molecule has 0 saturated heterocycles. The van der Waals surface area contributed by atoms with E-state index in [-0.39, 0.29) is 17.2 Å². The second kappa shape index (κ2) is 5.27. The van der Waals surface area contributed by atoms with Crippen molar-refractivity contribution in [2.24, 2.45) is 0 Å². The number of aromatic nitrogens is 1. The van der Waals surface area contributed by atoms with Crippen molar-refractivity contribution in [3.05, 3.63) is 64.2 Å². The van der Waals surface area contributed by atoms with Crippen LogP contribution < -0.4 is 0 Å². The van der Waals surface area contributed by atoms with Gasteiger partial charge in [0.25, 0.3) is 0 Å². The minimum absolute atomic E-state index is 0.0836. The SMILES string of the molecule is Cc1cncc(C(=O)Cc2ccc(F)cc2Cl)c1. The molecule has 0 aliphatic rings. The lowest BCUT2D eigenvalue weighted by molar-refractivity contribution is 0.0992. The molecule has 2 aromatic rings. The predicted octanol–water partition coefficient (Wildman–Crippen LogP) is 3.61. The van der Waals surface area contributed by atoms with Gasteiger partial charge in [0.2, 0.25) is 0 Å². The van der Waals surface area contributed by atoms with Crippen LogP contribution in [-0.2, 0) is 6.42 Å². The van der Waals surface area contributed by atoms with Crippen LogP contribution in [0.15, 0.2) is 36.7 Å². The minimum Gasteiger partial charge on any atom is -0.294 e. The van der Waals surface area contributed by atoms with Gasteiger partial charge < -0.3 is 0 Å². The van der Waals surface area contributed by atoms with Crippen molar-refractivity contribution in [1.29, 1.82) is 0 Å². The molecular weight excluding hydrogens is 253 g/mol. The Kier molecular flexibility index (Phi) is 3.72. The smallest absolute Gasteiger partial charge is 0.168 e. The van der Waals surface area contributed by atoms with Crippen LogP contribution in [-0.4, -0.2) is 10.8 Å². The molecule has 0 radical (unpaired) electrons. The summed E-state index contributed by atoms with van der Waals surface area (Å²) in [6.07, 6.45) is 3.35. The van der Waals surface area contributed by atoms with E-state index in [0.717, 1.165) is 5.56 Å². The minimum atomic E-state index is -0.409. The third-order valence-electron chi connectivity index (χ3n) is 2.56. The normalized spacial score (nSPS) is 10.4. The number of aryl methyl sites for hydroxylation is 1. The zero-order chi connectivity index (χ0) is 13.1. The third kappa shape index (κ3) is 2.93. The van der Waals surface area contributed by atoms with Crippen molar-refractivity contribution in [2.45, 2.75) is 13.3 Å². The molecule has 18 heavy (non-hydrogen) atoms. The highest BCUT2D eigenvalue weighted by atomic mass is 35.5. The molecule has 0 atom stereocenters. The van der Waals surface area contributed by atoms with Gasteiger partial charge in [-0.15, -0.1) is 0 Å². The molecule has 0 amide bonds. The van der Waals surface area contributed by atoms with Crippen molar-refractivity contribution in [1.82, 2.24) is 4.98 Å². The first kappa shape index (κ1) is 12.7. The summed E-state index contributed by atoms with van der Waals surface area (Å²) < 4.78 is 12.9. The predicted molar refractivity (Wildman–Crippen MR) is 68.4 cm³/mol. The van der Waals surface area contributed by atoms with Crippen molar-refractivity contribution >= 4 is 17.4 Å². The largest absolute Gasteiger partial charge is 0.294 e. The van der Waals surface area contributed by atoms with E-state index in [4.69, 9.17) is 11.6 Å². The number of hydrogen-bond donors (Lipinski definition) is 0. The second-order valence-corrected chi connectivity index (χ2v) is 4.49. The van der Waals surface area contributed by atoms with Crippen LogP contribution >= 0.6 is 11.6 Å². The number of carbonyl (C=O) groups excluding carboxylic acids is 1. The summed E-state index contributed by atoms with van der Waals surface area (Å²) in [5.74, 6) is -0.492. The molecule has 0 saturated carbocycles. The van der Waals surface area contributed by atoms with E-state index in [1.165, 1.54) is 24.4 Å². The van der Waals surface area contributed by atoms with Gasteiger partial charge in [0.1, 0.15) is 5.82 Å². The van der Waals surface area contributed by atoms with E-state index in [0.29, 0.717) is 11.1 Å². The molecule has 2 nitrogen and oxygen atoms in total. The zero-order valence-corrected chi connectivity index (χ0v) is 10.5. The maximum Gasteiger partial charge on any atom is 0.168 e. The highest BCUT2D eigenvalue weighted by molar-refractivity contribution is 6.31. The molecule has 1 aromatic carbocycles. The molecule has 0 fully saturated rings. The van der Waals surface area contributed by atoms with E-state index >= 15 is 0 Å².